The highest BCUT2D eigenvalue weighted by Gasteiger charge is 2.40. The molecule has 0 saturated carbocycles. The van der Waals surface area contributed by atoms with Crippen LogP contribution in [-0.2, 0) is 4.79 Å². The Balaban J connectivity index is 2.39. The van der Waals surface area contributed by atoms with E-state index in [9.17, 15) is 9.18 Å². The molecule has 0 bridgehead atoms. The molecule has 2 rings (SSSR count). The fourth-order valence-corrected chi connectivity index (χ4v) is 2.55. The van der Waals surface area contributed by atoms with E-state index in [0.717, 1.165) is 5.69 Å². The highest BCUT2D eigenvalue weighted by Crippen LogP contribution is 2.29. The van der Waals surface area contributed by atoms with Gasteiger partial charge in [-0.15, -0.1) is 0 Å². The zero-order chi connectivity index (χ0) is 14.0. The van der Waals surface area contributed by atoms with Crippen LogP contribution in [0.3, 0.4) is 0 Å². The fraction of sp³-hybridized carbons (Fsp3) is 0.500. The van der Waals surface area contributed by atoms with Gasteiger partial charge in [-0.05, 0) is 45.2 Å². The van der Waals surface area contributed by atoms with E-state index in [4.69, 9.17) is 0 Å². The molecule has 1 aromatic rings. The second kappa shape index (κ2) is 5.17. The van der Waals surface area contributed by atoms with E-state index in [2.05, 4.69) is 29.4 Å². The molecule has 0 aliphatic carbocycles. The molecule has 1 aliphatic heterocycles. The lowest BCUT2D eigenvalue weighted by Gasteiger charge is -2.48. The van der Waals surface area contributed by atoms with Crippen LogP contribution in [-0.4, -0.2) is 37.6 Å². The number of likely N-dealkylation sites (N-methyl/N-ethyl adjacent to an activating group) is 1. The molecule has 2 N–H and O–H groups in total. The molecule has 0 spiro atoms. The quantitative estimate of drug-likeness (QED) is 0.861. The Hall–Kier alpha value is -1.62. The minimum Gasteiger partial charge on any atom is -0.352 e. The number of nitrogens with one attached hydrogen (secondary N) is 2. The van der Waals surface area contributed by atoms with Gasteiger partial charge in [0.05, 0.1) is 5.54 Å². The Morgan fingerprint density at radius 1 is 1.42 bits per heavy atom. The third-order valence-corrected chi connectivity index (χ3v) is 3.46. The predicted octanol–water partition coefficient (Wildman–Crippen LogP) is 1.13. The molecule has 1 fully saturated rings. The normalized spacial score (nSPS) is 22.2. The Morgan fingerprint density at radius 3 is 2.63 bits per heavy atom. The molecular formula is C14H20FN3O. The van der Waals surface area contributed by atoms with Gasteiger partial charge < -0.3 is 15.5 Å². The molecule has 1 heterocycles. The van der Waals surface area contributed by atoms with E-state index in [1.54, 1.807) is 12.1 Å². The van der Waals surface area contributed by atoms with Crippen molar-refractivity contribution in [3.05, 3.63) is 30.1 Å². The lowest BCUT2D eigenvalue weighted by atomic mass is 9.94. The van der Waals surface area contributed by atoms with Crippen molar-refractivity contribution < 1.29 is 9.18 Å². The van der Waals surface area contributed by atoms with E-state index < -0.39 is 0 Å². The topological polar surface area (TPSA) is 44.4 Å². The van der Waals surface area contributed by atoms with Gasteiger partial charge in [-0.3, -0.25) is 4.79 Å². The van der Waals surface area contributed by atoms with Crippen molar-refractivity contribution in [2.45, 2.75) is 25.4 Å². The zero-order valence-corrected chi connectivity index (χ0v) is 11.5. The summed E-state index contributed by atoms with van der Waals surface area (Å²) in [6.45, 7) is 5.26. The van der Waals surface area contributed by atoms with Crippen LogP contribution >= 0.6 is 0 Å². The lowest BCUT2D eigenvalue weighted by molar-refractivity contribution is -0.124. The van der Waals surface area contributed by atoms with Gasteiger partial charge >= 0.3 is 0 Å². The largest absolute Gasteiger partial charge is 0.352 e. The number of rotatable bonds is 3. The molecule has 19 heavy (non-hydrogen) atoms. The van der Waals surface area contributed by atoms with Crippen molar-refractivity contribution in [3.8, 4) is 0 Å². The third-order valence-electron chi connectivity index (χ3n) is 3.46. The molecule has 5 heteroatoms. The van der Waals surface area contributed by atoms with Crippen LogP contribution in [0.5, 0.6) is 0 Å². The number of benzene rings is 1. The first-order chi connectivity index (χ1) is 8.95. The first kappa shape index (κ1) is 13.8. The SMILES string of the molecule is CNCC1C(=O)NCC(C)(C)N1c1ccc(F)cc1. The number of amides is 1. The first-order valence-corrected chi connectivity index (χ1v) is 6.43. The zero-order valence-electron chi connectivity index (χ0n) is 11.5. The second-order valence-corrected chi connectivity index (χ2v) is 5.45. The van der Waals surface area contributed by atoms with Crippen LogP contribution in [0.1, 0.15) is 13.8 Å². The Bertz CT molecular complexity index is 458. The van der Waals surface area contributed by atoms with Gasteiger partial charge in [-0.2, -0.15) is 0 Å². The van der Waals surface area contributed by atoms with Gasteiger partial charge in [0.25, 0.3) is 0 Å². The minimum atomic E-state index is -0.292. The predicted molar refractivity (Wildman–Crippen MR) is 73.7 cm³/mol. The van der Waals surface area contributed by atoms with Crippen molar-refractivity contribution >= 4 is 11.6 Å². The number of nitrogens with zero attached hydrogens (tertiary/aromatic N) is 1. The maximum absolute atomic E-state index is 13.1. The smallest absolute Gasteiger partial charge is 0.244 e. The Kier molecular flexibility index (Phi) is 3.75. The molecular weight excluding hydrogens is 245 g/mol. The minimum absolute atomic E-state index is 0.00185. The van der Waals surface area contributed by atoms with Gasteiger partial charge in [0, 0.05) is 18.8 Å². The standard InChI is InChI=1S/C14H20FN3O/c1-14(2)9-17-13(19)12(8-16-3)18(14)11-6-4-10(15)5-7-11/h4-7,12,16H,8-9H2,1-3H3,(H,17,19). The Labute approximate surface area is 113 Å². The average Bonchev–Trinajstić information content (AvgIpc) is 2.36. The highest BCUT2D eigenvalue weighted by atomic mass is 19.1. The fourth-order valence-electron chi connectivity index (χ4n) is 2.55. The molecule has 1 saturated heterocycles. The van der Waals surface area contributed by atoms with E-state index in [0.29, 0.717) is 13.1 Å². The summed E-state index contributed by atoms with van der Waals surface area (Å²) in [6, 6.07) is 6.00. The van der Waals surface area contributed by atoms with Crippen molar-refractivity contribution in [2.24, 2.45) is 0 Å². The van der Waals surface area contributed by atoms with Crippen molar-refractivity contribution in [2.75, 3.05) is 25.0 Å². The number of anilines is 1. The van der Waals surface area contributed by atoms with Crippen molar-refractivity contribution in [1.82, 2.24) is 10.6 Å². The molecule has 104 valence electrons. The number of hydrogen-bond donors (Lipinski definition) is 2. The summed E-state index contributed by atoms with van der Waals surface area (Å²) >= 11 is 0. The molecule has 4 nitrogen and oxygen atoms in total. The molecule has 1 unspecified atom stereocenters. The summed E-state index contributed by atoms with van der Waals surface area (Å²) in [6.07, 6.45) is 0. The molecule has 1 atom stereocenters. The van der Waals surface area contributed by atoms with Crippen LogP contribution < -0.4 is 15.5 Å². The maximum atomic E-state index is 13.1. The summed E-state index contributed by atoms with van der Waals surface area (Å²) in [5, 5.41) is 5.96. The van der Waals surface area contributed by atoms with Crippen LogP contribution in [0.15, 0.2) is 24.3 Å². The van der Waals surface area contributed by atoms with E-state index in [-0.39, 0.29) is 23.3 Å². The number of halogens is 1. The van der Waals surface area contributed by atoms with Crippen molar-refractivity contribution in [3.63, 3.8) is 0 Å². The summed E-state index contributed by atoms with van der Waals surface area (Å²) in [4.78, 5) is 14.1. The number of piperazine rings is 1. The van der Waals surface area contributed by atoms with Gasteiger partial charge in [0.2, 0.25) is 5.91 Å². The van der Waals surface area contributed by atoms with E-state index in [1.165, 1.54) is 12.1 Å². The van der Waals surface area contributed by atoms with Gasteiger partial charge in [-0.1, -0.05) is 0 Å². The number of carbonyl (C=O) groups excluding carboxylic acids is 1. The molecule has 1 aliphatic rings. The highest BCUT2D eigenvalue weighted by molar-refractivity contribution is 5.87. The maximum Gasteiger partial charge on any atom is 0.244 e. The summed E-state index contributed by atoms with van der Waals surface area (Å²) in [7, 11) is 1.82. The molecule has 1 aromatic carbocycles. The lowest BCUT2D eigenvalue weighted by Crippen LogP contribution is -2.68. The summed E-state index contributed by atoms with van der Waals surface area (Å²) in [5.41, 5.74) is 0.647. The number of carbonyl (C=O) groups is 1. The molecule has 0 radical (unpaired) electrons. The van der Waals surface area contributed by atoms with Crippen LogP contribution in [0, 0.1) is 5.82 Å². The number of hydrogen-bond acceptors (Lipinski definition) is 3. The van der Waals surface area contributed by atoms with Crippen LogP contribution in [0.25, 0.3) is 0 Å². The van der Waals surface area contributed by atoms with Crippen molar-refractivity contribution in [1.29, 1.82) is 0 Å². The molecule has 0 aromatic heterocycles. The third kappa shape index (κ3) is 2.71. The van der Waals surface area contributed by atoms with E-state index >= 15 is 0 Å². The second-order valence-electron chi connectivity index (χ2n) is 5.45. The molecule has 1 amide bonds. The van der Waals surface area contributed by atoms with Gasteiger partial charge in [0.1, 0.15) is 11.9 Å². The summed E-state index contributed by atoms with van der Waals surface area (Å²) < 4.78 is 13.1. The van der Waals surface area contributed by atoms with Gasteiger partial charge in [-0.25, -0.2) is 4.39 Å². The van der Waals surface area contributed by atoms with Crippen LogP contribution in [0.2, 0.25) is 0 Å². The Morgan fingerprint density at radius 2 is 2.05 bits per heavy atom. The van der Waals surface area contributed by atoms with Crippen LogP contribution in [0.4, 0.5) is 10.1 Å². The first-order valence-electron chi connectivity index (χ1n) is 6.43. The summed E-state index contributed by atoms with van der Waals surface area (Å²) in [5.74, 6) is -0.272. The van der Waals surface area contributed by atoms with E-state index in [1.807, 2.05) is 7.05 Å². The monoisotopic (exact) mass is 265 g/mol. The van der Waals surface area contributed by atoms with Gasteiger partial charge in [0.15, 0.2) is 0 Å². The average molecular weight is 265 g/mol.